The normalized spacial score (nSPS) is 18.8. The van der Waals surface area contributed by atoms with Crippen LogP contribution in [-0.2, 0) is 10.8 Å². The first-order chi connectivity index (χ1) is 22.9. The Balaban J connectivity index is 1.60. The Kier molecular flexibility index (Phi) is 8.39. The molecule has 2 unspecified atom stereocenters. The highest BCUT2D eigenvalue weighted by atomic mass is 31.1. The van der Waals surface area contributed by atoms with Crippen LogP contribution in [0.15, 0.2) is 163 Å². The van der Waals surface area contributed by atoms with Crippen LogP contribution in [0.25, 0.3) is 22.3 Å². The second-order valence-corrected chi connectivity index (χ2v) is 15.6. The van der Waals surface area contributed by atoms with E-state index in [2.05, 4.69) is 178 Å². The standard InChI is InChI=1S/C44H40NOP/c1-43(2,3)38-28-17-29-39(41(38)46)44(34-22-12-6-13-23-34)30-31-47(35-24-14-7-15-25-35)42(44)45-40-36(32-18-8-4-9-19-32)26-16-27-37(40)33-20-10-5-11-21-33/h4-29,46H,30-31H2,1-3H3. The van der Waals surface area contributed by atoms with Crippen LogP contribution in [0.1, 0.15) is 43.9 Å². The molecule has 6 aromatic rings. The number of para-hydroxylation sites is 2. The maximum atomic E-state index is 12.3. The Labute approximate surface area is 280 Å². The summed E-state index contributed by atoms with van der Waals surface area (Å²) < 4.78 is 0. The van der Waals surface area contributed by atoms with E-state index in [0.29, 0.717) is 5.75 Å². The van der Waals surface area contributed by atoms with Gasteiger partial charge < -0.3 is 5.11 Å². The lowest BCUT2D eigenvalue weighted by Gasteiger charge is -2.35. The lowest BCUT2D eigenvalue weighted by molar-refractivity contribution is 0.432. The molecule has 2 atom stereocenters. The van der Waals surface area contributed by atoms with Crippen LogP contribution in [0.5, 0.6) is 5.75 Å². The molecule has 0 amide bonds. The fourth-order valence-corrected chi connectivity index (χ4v) is 9.96. The van der Waals surface area contributed by atoms with Crippen LogP contribution < -0.4 is 5.30 Å². The SMILES string of the molecule is CC(C)(C)c1cccc(C2(c3ccccc3)CCP(c3ccccc3)C2=Nc2c(-c3ccccc3)cccc2-c2ccccc2)c1O. The van der Waals surface area contributed by atoms with Gasteiger partial charge in [-0.1, -0.05) is 178 Å². The van der Waals surface area contributed by atoms with Gasteiger partial charge in [0.25, 0.3) is 0 Å². The average molecular weight is 630 g/mol. The zero-order valence-corrected chi connectivity index (χ0v) is 28.2. The molecule has 1 saturated heterocycles. The maximum Gasteiger partial charge on any atom is 0.123 e. The molecule has 232 valence electrons. The summed E-state index contributed by atoms with van der Waals surface area (Å²) in [5, 5.41) is 13.6. The van der Waals surface area contributed by atoms with Gasteiger partial charge in [-0.05, 0) is 53.5 Å². The van der Waals surface area contributed by atoms with Gasteiger partial charge in [-0.3, -0.25) is 4.99 Å². The number of phenols is 1. The van der Waals surface area contributed by atoms with Gasteiger partial charge in [0.15, 0.2) is 0 Å². The van der Waals surface area contributed by atoms with Crippen molar-refractivity contribution < 1.29 is 5.11 Å². The van der Waals surface area contributed by atoms with E-state index in [1.807, 2.05) is 0 Å². The van der Waals surface area contributed by atoms with Crippen molar-refractivity contribution in [2.24, 2.45) is 4.99 Å². The van der Waals surface area contributed by atoms with E-state index in [9.17, 15) is 5.11 Å². The molecule has 0 radical (unpaired) electrons. The highest BCUT2D eigenvalue weighted by Crippen LogP contribution is 2.61. The first-order valence-corrected chi connectivity index (χ1v) is 17.9. The monoisotopic (exact) mass is 629 g/mol. The number of phenolic OH excluding ortho intramolecular Hbond substituents is 1. The number of rotatable bonds is 6. The van der Waals surface area contributed by atoms with Crippen LogP contribution in [0, 0.1) is 0 Å². The Hall–Kier alpha value is -4.78. The van der Waals surface area contributed by atoms with Crippen molar-refractivity contribution in [1.29, 1.82) is 0 Å². The highest BCUT2D eigenvalue weighted by molar-refractivity contribution is 7.82. The van der Waals surface area contributed by atoms with Crippen molar-refractivity contribution >= 4 is 24.4 Å². The van der Waals surface area contributed by atoms with E-state index in [4.69, 9.17) is 4.99 Å². The first-order valence-electron chi connectivity index (χ1n) is 16.4. The van der Waals surface area contributed by atoms with Gasteiger partial charge in [0, 0.05) is 16.7 Å². The Bertz CT molecular complexity index is 1960. The van der Waals surface area contributed by atoms with E-state index < -0.39 is 13.3 Å². The number of benzene rings is 6. The van der Waals surface area contributed by atoms with Crippen molar-refractivity contribution in [2.45, 2.75) is 38.0 Å². The Morgan fingerprint density at radius 2 is 1.11 bits per heavy atom. The number of hydrogen-bond donors (Lipinski definition) is 1. The molecule has 47 heavy (non-hydrogen) atoms. The fourth-order valence-electron chi connectivity index (χ4n) is 7.11. The molecule has 2 nitrogen and oxygen atoms in total. The number of aliphatic imine (C=N–C) groups is 1. The Morgan fingerprint density at radius 3 is 1.66 bits per heavy atom. The molecule has 0 spiro atoms. The lowest BCUT2D eigenvalue weighted by Crippen LogP contribution is -2.33. The third-order valence-electron chi connectivity index (χ3n) is 9.41. The van der Waals surface area contributed by atoms with Crippen LogP contribution in [0.4, 0.5) is 5.69 Å². The Morgan fingerprint density at radius 1 is 0.596 bits per heavy atom. The highest BCUT2D eigenvalue weighted by Gasteiger charge is 2.50. The first kappa shape index (κ1) is 30.9. The van der Waals surface area contributed by atoms with Gasteiger partial charge in [0.2, 0.25) is 0 Å². The van der Waals surface area contributed by atoms with Crippen LogP contribution >= 0.6 is 7.92 Å². The predicted molar refractivity (Wildman–Crippen MR) is 201 cm³/mol. The molecule has 1 heterocycles. The van der Waals surface area contributed by atoms with Crippen LogP contribution in [-0.4, -0.2) is 16.7 Å². The fraction of sp³-hybridized carbons (Fsp3) is 0.159. The molecular weight excluding hydrogens is 589 g/mol. The summed E-state index contributed by atoms with van der Waals surface area (Å²) in [6.07, 6.45) is 1.83. The van der Waals surface area contributed by atoms with Crippen molar-refractivity contribution in [3.8, 4) is 28.0 Å². The molecule has 3 heteroatoms. The second kappa shape index (κ2) is 12.8. The number of nitrogens with zero attached hydrogens (tertiary/aromatic N) is 1. The molecule has 6 aromatic carbocycles. The number of hydrogen-bond acceptors (Lipinski definition) is 2. The summed E-state index contributed by atoms with van der Waals surface area (Å²) in [4.78, 5) is 5.94. The van der Waals surface area contributed by atoms with E-state index in [1.165, 1.54) is 10.9 Å². The quantitative estimate of drug-likeness (QED) is 0.183. The minimum absolute atomic E-state index is 0.224. The smallest absolute Gasteiger partial charge is 0.123 e. The summed E-state index contributed by atoms with van der Waals surface area (Å²) in [6.45, 7) is 6.51. The summed E-state index contributed by atoms with van der Waals surface area (Å²) in [7, 11) is -0.836. The molecular formula is C44H40NOP. The van der Waals surface area contributed by atoms with Crippen molar-refractivity contribution in [3.63, 3.8) is 0 Å². The molecule has 1 aliphatic rings. The summed E-state index contributed by atoms with van der Waals surface area (Å²) >= 11 is 0. The second-order valence-electron chi connectivity index (χ2n) is 13.3. The van der Waals surface area contributed by atoms with Crippen LogP contribution in [0.3, 0.4) is 0 Å². The predicted octanol–water partition coefficient (Wildman–Crippen LogP) is 11.3. The van der Waals surface area contributed by atoms with Gasteiger partial charge in [0.05, 0.1) is 16.6 Å². The largest absolute Gasteiger partial charge is 0.507 e. The third kappa shape index (κ3) is 5.73. The molecule has 0 saturated carbocycles. The van der Waals surface area contributed by atoms with Crippen molar-refractivity contribution in [3.05, 3.63) is 174 Å². The molecule has 1 N–H and O–H groups in total. The molecule has 0 bridgehead atoms. The van der Waals surface area contributed by atoms with Crippen molar-refractivity contribution in [2.75, 3.05) is 6.16 Å². The van der Waals surface area contributed by atoms with Gasteiger partial charge in [-0.15, -0.1) is 0 Å². The zero-order chi connectivity index (χ0) is 32.4. The summed E-state index contributed by atoms with van der Waals surface area (Å²) in [6, 6.07) is 55.7. The van der Waals surface area contributed by atoms with Crippen molar-refractivity contribution in [1.82, 2.24) is 0 Å². The van der Waals surface area contributed by atoms with E-state index in [0.717, 1.165) is 57.1 Å². The summed E-state index contributed by atoms with van der Waals surface area (Å²) in [5.41, 5.74) is 8.79. The van der Waals surface area contributed by atoms with E-state index in [-0.39, 0.29) is 5.41 Å². The van der Waals surface area contributed by atoms with E-state index in [1.54, 1.807) is 0 Å². The van der Waals surface area contributed by atoms with Gasteiger partial charge >= 0.3 is 0 Å². The zero-order valence-electron chi connectivity index (χ0n) is 27.3. The molecule has 0 aromatic heterocycles. The van der Waals surface area contributed by atoms with E-state index >= 15 is 0 Å². The topological polar surface area (TPSA) is 32.6 Å². The number of aromatic hydroxyl groups is 1. The summed E-state index contributed by atoms with van der Waals surface area (Å²) in [5.74, 6) is 0.376. The minimum Gasteiger partial charge on any atom is -0.507 e. The van der Waals surface area contributed by atoms with Gasteiger partial charge in [-0.25, -0.2) is 0 Å². The average Bonchev–Trinajstić information content (AvgIpc) is 3.49. The minimum atomic E-state index is -0.836. The molecule has 0 aliphatic carbocycles. The third-order valence-corrected chi connectivity index (χ3v) is 12.0. The maximum absolute atomic E-state index is 12.3. The molecule has 1 fully saturated rings. The van der Waals surface area contributed by atoms with Gasteiger partial charge in [-0.2, -0.15) is 0 Å². The molecule has 1 aliphatic heterocycles. The van der Waals surface area contributed by atoms with Gasteiger partial charge in [0.1, 0.15) is 5.75 Å². The van der Waals surface area contributed by atoms with Crippen LogP contribution in [0.2, 0.25) is 0 Å². The molecule has 7 rings (SSSR count). The lowest BCUT2D eigenvalue weighted by atomic mass is 9.71.